The summed E-state index contributed by atoms with van der Waals surface area (Å²) in [6.45, 7) is 1.89. The molecule has 0 aromatic rings. The van der Waals surface area contributed by atoms with Crippen molar-refractivity contribution in [3.8, 4) is 0 Å². The van der Waals surface area contributed by atoms with Gasteiger partial charge in [0.25, 0.3) is 0 Å². The van der Waals surface area contributed by atoms with Crippen LogP contribution in [0.3, 0.4) is 0 Å². The van der Waals surface area contributed by atoms with E-state index in [-0.39, 0.29) is 23.2 Å². The minimum Gasteiger partial charge on any atom is -0.508 e. The normalized spacial score (nSPS) is 25.6. The Bertz CT molecular complexity index is 210. The fourth-order valence-electron chi connectivity index (χ4n) is 1.20. The number of carbonyl (C=O) groups excluding carboxylic acids is 1. The smallest absolute Gasteiger partial charge is 0.226 e. The molecule has 0 aromatic carbocycles. The fraction of sp³-hybridized carbons (Fsp3) is 0.571. The molecule has 0 spiro atoms. The highest BCUT2D eigenvalue weighted by molar-refractivity contribution is 5.94. The number of allylic oxidation sites excluding steroid dienone is 2. The molecule has 1 rings (SSSR count). The lowest BCUT2D eigenvalue weighted by Crippen LogP contribution is -2.21. The van der Waals surface area contributed by atoms with Crippen molar-refractivity contribution in [2.45, 2.75) is 19.8 Å². The molecular formula is C7H11NO3. The topological polar surface area (TPSA) is 72.5 Å². The van der Waals surface area contributed by atoms with Crippen LogP contribution in [0.25, 0.3) is 0 Å². The maximum atomic E-state index is 11.0. The molecule has 3 N–H and O–H groups in total. The van der Waals surface area contributed by atoms with Gasteiger partial charge in [0, 0.05) is 12.8 Å². The largest absolute Gasteiger partial charge is 0.508 e. The number of hydrogen-bond acceptors (Lipinski definition) is 4. The van der Waals surface area contributed by atoms with E-state index in [9.17, 15) is 4.79 Å². The van der Waals surface area contributed by atoms with Crippen molar-refractivity contribution < 1.29 is 14.7 Å². The third kappa shape index (κ3) is 1.51. The second-order valence-corrected chi connectivity index (χ2v) is 2.83. The van der Waals surface area contributed by atoms with Gasteiger partial charge < -0.3 is 9.94 Å². The Morgan fingerprint density at radius 3 is 2.73 bits per heavy atom. The first-order chi connectivity index (χ1) is 5.15. The average Bonchev–Trinajstić information content (AvgIpc) is 1.85. The zero-order valence-electron chi connectivity index (χ0n) is 6.33. The van der Waals surface area contributed by atoms with Crippen LogP contribution in [0.5, 0.6) is 0 Å². The van der Waals surface area contributed by atoms with Crippen LogP contribution in [0.4, 0.5) is 0 Å². The van der Waals surface area contributed by atoms with E-state index in [2.05, 4.69) is 4.84 Å². The first-order valence-corrected chi connectivity index (χ1v) is 3.47. The van der Waals surface area contributed by atoms with E-state index in [1.54, 1.807) is 0 Å². The van der Waals surface area contributed by atoms with E-state index in [0.29, 0.717) is 12.8 Å². The Morgan fingerprint density at radius 1 is 1.64 bits per heavy atom. The summed E-state index contributed by atoms with van der Waals surface area (Å²) in [5.41, 5.74) is 0. The number of carbonyl (C=O) groups is 1. The Morgan fingerprint density at radius 2 is 2.27 bits per heavy atom. The third-order valence-electron chi connectivity index (χ3n) is 1.71. The number of Topliss-reactive ketones (excluding diaryl/α,β-unsaturated/α-hetero) is 1. The van der Waals surface area contributed by atoms with Crippen molar-refractivity contribution in [2.24, 2.45) is 11.8 Å². The maximum Gasteiger partial charge on any atom is 0.226 e. The molecule has 0 aromatic heterocycles. The Hall–Kier alpha value is -1.03. The average molecular weight is 157 g/mol. The molecule has 0 radical (unpaired) electrons. The van der Waals surface area contributed by atoms with Crippen LogP contribution in [0.1, 0.15) is 19.8 Å². The number of rotatable bonds is 1. The summed E-state index contributed by atoms with van der Waals surface area (Å²) in [5.74, 6) is 4.64. The molecule has 0 saturated carbocycles. The lowest BCUT2D eigenvalue weighted by molar-refractivity contribution is -0.121. The molecule has 62 valence electrons. The number of ketones is 1. The fourth-order valence-corrected chi connectivity index (χ4v) is 1.20. The highest BCUT2D eigenvalue weighted by Gasteiger charge is 2.26. The van der Waals surface area contributed by atoms with Gasteiger partial charge in [-0.1, -0.05) is 6.92 Å². The van der Waals surface area contributed by atoms with Gasteiger partial charge >= 0.3 is 0 Å². The second-order valence-electron chi connectivity index (χ2n) is 2.83. The lowest BCUT2D eigenvalue weighted by Gasteiger charge is -2.17. The van der Waals surface area contributed by atoms with Gasteiger partial charge in [0.1, 0.15) is 5.76 Å². The van der Waals surface area contributed by atoms with Gasteiger partial charge in [-0.15, -0.1) is 0 Å². The van der Waals surface area contributed by atoms with Crippen LogP contribution in [0, 0.1) is 5.92 Å². The zero-order chi connectivity index (χ0) is 8.43. The zero-order valence-corrected chi connectivity index (χ0v) is 6.33. The quantitative estimate of drug-likeness (QED) is 0.548. The maximum absolute atomic E-state index is 11.0. The van der Waals surface area contributed by atoms with Crippen molar-refractivity contribution in [1.29, 1.82) is 0 Å². The third-order valence-corrected chi connectivity index (χ3v) is 1.71. The summed E-state index contributed by atoms with van der Waals surface area (Å²) in [6, 6.07) is 0. The molecule has 0 fully saturated rings. The van der Waals surface area contributed by atoms with Gasteiger partial charge in [-0.3, -0.25) is 4.79 Å². The molecule has 0 amide bonds. The first-order valence-electron chi connectivity index (χ1n) is 3.47. The van der Waals surface area contributed by atoms with Crippen molar-refractivity contribution in [2.75, 3.05) is 0 Å². The van der Waals surface area contributed by atoms with Crippen molar-refractivity contribution >= 4 is 5.78 Å². The standard InChI is InChI=1S/C7H11NO3/c1-4-2-5(9)7(11-8)6(10)3-4/h4,9H,2-3,8H2,1H3. The van der Waals surface area contributed by atoms with Gasteiger partial charge in [-0.25, -0.2) is 0 Å². The number of nitrogens with two attached hydrogens (primary N) is 1. The molecule has 1 unspecified atom stereocenters. The van der Waals surface area contributed by atoms with E-state index in [0.717, 1.165) is 0 Å². The minimum absolute atomic E-state index is 0.0312. The van der Waals surface area contributed by atoms with Crippen LogP contribution in [0.2, 0.25) is 0 Å². The van der Waals surface area contributed by atoms with Gasteiger partial charge in [0.05, 0.1) is 0 Å². The van der Waals surface area contributed by atoms with Crippen LogP contribution >= 0.6 is 0 Å². The Kier molecular flexibility index (Phi) is 2.14. The summed E-state index contributed by atoms with van der Waals surface area (Å²) in [4.78, 5) is 15.3. The predicted molar refractivity (Wildman–Crippen MR) is 38.3 cm³/mol. The SMILES string of the molecule is CC1CC(=O)C(ON)=C(O)C1. The van der Waals surface area contributed by atoms with E-state index in [4.69, 9.17) is 11.0 Å². The molecule has 0 aliphatic heterocycles. The monoisotopic (exact) mass is 157 g/mol. The van der Waals surface area contributed by atoms with E-state index >= 15 is 0 Å². The summed E-state index contributed by atoms with van der Waals surface area (Å²) in [6.07, 6.45) is 0.870. The summed E-state index contributed by atoms with van der Waals surface area (Å²) in [5, 5.41) is 9.16. The highest BCUT2D eigenvalue weighted by Crippen LogP contribution is 2.24. The molecular weight excluding hydrogens is 146 g/mol. The molecule has 1 aliphatic rings. The Labute approximate surface area is 64.6 Å². The molecule has 0 heterocycles. The van der Waals surface area contributed by atoms with Gasteiger partial charge in [-0.2, -0.15) is 5.90 Å². The molecule has 4 nitrogen and oxygen atoms in total. The van der Waals surface area contributed by atoms with E-state index in [1.807, 2.05) is 6.92 Å². The van der Waals surface area contributed by atoms with E-state index in [1.165, 1.54) is 0 Å². The highest BCUT2D eigenvalue weighted by atomic mass is 16.6. The molecule has 1 atom stereocenters. The van der Waals surface area contributed by atoms with E-state index < -0.39 is 0 Å². The molecule has 1 aliphatic carbocycles. The van der Waals surface area contributed by atoms with Crippen molar-refractivity contribution in [3.05, 3.63) is 11.5 Å². The summed E-state index contributed by atoms with van der Waals surface area (Å²) < 4.78 is 0. The molecule has 4 heteroatoms. The van der Waals surface area contributed by atoms with Crippen molar-refractivity contribution in [1.82, 2.24) is 0 Å². The van der Waals surface area contributed by atoms with Crippen LogP contribution < -0.4 is 5.90 Å². The van der Waals surface area contributed by atoms with Gasteiger partial charge in [0.15, 0.2) is 0 Å². The Balaban J connectivity index is 2.86. The summed E-state index contributed by atoms with van der Waals surface area (Å²) in [7, 11) is 0. The predicted octanol–water partition coefficient (Wildman–Crippen LogP) is 0.645. The number of hydrogen-bond donors (Lipinski definition) is 2. The number of aliphatic hydroxyl groups is 1. The van der Waals surface area contributed by atoms with Gasteiger partial charge in [0.2, 0.25) is 11.5 Å². The van der Waals surface area contributed by atoms with Crippen LogP contribution in [0.15, 0.2) is 11.5 Å². The minimum atomic E-state index is -0.219. The number of aliphatic hydroxyl groups excluding tert-OH is 1. The lowest BCUT2D eigenvalue weighted by atomic mass is 9.93. The second kappa shape index (κ2) is 2.92. The van der Waals surface area contributed by atoms with Crippen LogP contribution in [-0.2, 0) is 9.63 Å². The summed E-state index contributed by atoms with van der Waals surface area (Å²) >= 11 is 0. The molecule has 0 bridgehead atoms. The van der Waals surface area contributed by atoms with Crippen LogP contribution in [-0.4, -0.2) is 10.9 Å². The van der Waals surface area contributed by atoms with Crippen molar-refractivity contribution in [3.63, 3.8) is 0 Å². The molecule has 0 saturated heterocycles. The van der Waals surface area contributed by atoms with Gasteiger partial charge in [-0.05, 0) is 5.92 Å². The molecule has 11 heavy (non-hydrogen) atoms. The first kappa shape index (κ1) is 8.07.